The number of aromatic nitrogens is 1. The molecular weight excluding hydrogens is 1010 g/mol. The number of hydrogen-bond donors (Lipinski definition) is 12. The molecule has 8 amide bonds. The summed E-state index contributed by atoms with van der Waals surface area (Å²) in [6.07, 6.45) is 0.921. The lowest BCUT2D eigenvalue weighted by Crippen LogP contribution is -2.59. The fraction of sp³-hybridized carbons (Fsp3) is 0.345. The quantitative estimate of drug-likeness (QED) is 0.0303. The van der Waals surface area contributed by atoms with E-state index >= 15 is 0 Å². The van der Waals surface area contributed by atoms with Crippen LogP contribution in [0.1, 0.15) is 61.3 Å². The number of aliphatic carboxylic acids is 2. The number of nitrogens with zero attached hydrogens (tertiary/aromatic N) is 1. The Hall–Kier alpha value is -8.96. The lowest BCUT2D eigenvalue weighted by atomic mass is 10.0. The van der Waals surface area contributed by atoms with Crippen molar-refractivity contribution in [2.24, 2.45) is 18.5 Å². The molecule has 7 atom stereocenters. The number of aryl methyl sites for hydroxylation is 1. The number of nitrogens with two attached hydrogens (primary N) is 2. The molecule has 4 aromatic carbocycles. The van der Waals surface area contributed by atoms with E-state index in [1.54, 1.807) is 60.7 Å². The third-order valence-electron chi connectivity index (χ3n) is 12.5. The number of nitrogens with one attached hydrogen (secondary N) is 7. The van der Waals surface area contributed by atoms with Gasteiger partial charge < -0.3 is 63.3 Å². The fourth-order valence-corrected chi connectivity index (χ4v) is 8.39. The number of hydrogen-bond acceptors (Lipinski definition) is 13. The van der Waals surface area contributed by atoms with Crippen molar-refractivity contribution in [1.29, 1.82) is 0 Å². The molecular formula is C55H66N10O13. The molecule has 0 spiro atoms. The summed E-state index contributed by atoms with van der Waals surface area (Å²) in [7, 11) is 1.86. The van der Waals surface area contributed by atoms with Crippen LogP contribution in [0.2, 0.25) is 0 Å². The van der Waals surface area contributed by atoms with Gasteiger partial charge in [0.05, 0.1) is 31.5 Å². The summed E-state index contributed by atoms with van der Waals surface area (Å²) in [4.78, 5) is 133. The number of carbonyl (C=O) groups excluding carboxylic acids is 8. The molecule has 14 N–H and O–H groups in total. The minimum absolute atomic E-state index is 0.0781. The number of phenolic OH excluding ortho intramolecular Hbond substituents is 1. The van der Waals surface area contributed by atoms with Crippen LogP contribution in [0, 0.1) is 0 Å². The average Bonchev–Trinajstić information content (AvgIpc) is 3.72. The number of rotatable bonds is 29. The molecule has 0 aliphatic heterocycles. The lowest BCUT2D eigenvalue weighted by molar-refractivity contribution is -0.141. The molecule has 0 fully saturated rings. The van der Waals surface area contributed by atoms with Gasteiger partial charge in [0.15, 0.2) is 0 Å². The van der Waals surface area contributed by atoms with Gasteiger partial charge in [-0.3, -0.25) is 53.3 Å². The minimum Gasteiger partial charge on any atom is -0.508 e. The van der Waals surface area contributed by atoms with Crippen LogP contribution in [0.25, 0.3) is 10.9 Å². The number of carboxylic acids is 2. The number of amides is 8. The highest BCUT2D eigenvalue weighted by molar-refractivity contribution is 6.03. The molecule has 5 aromatic rings. The van der Waals surface area contributed by atoms with Gasteiger partial charge in [-0.1, -0.05) is 111 Å². The van der Waals surface area contributed by atoms with Gasteiger partial charge in [-0.25, -0.2) is 0 Å². The summed E-state index contributed by atoms with van der Waals surface area (Å²) in [5.41, 5.74) is 15.4. The van der Waals surface area contributed by atoms with E-state index in [-0.39, 0.29) is 37.9 Å². The summed E-state index contributed by atoms with van der Waals surface area (Å²) in [6.45, 7) is 1.02. The van der Waals surface area contributed by atoms with Gasteiger partial charge in [0.25, 0.3) is 0 Å². The molecule has 1 heterocycles. The number of carbonyl (C=O) groups is 10. The van der Waals surface area contributed by atoms with E-state index in [9.17, 15) is 63.3 Å². The molecule has 0 radical (unpaired) electrons. The van der Waals surface area contributed by atoms with Gasteiger partial charge in [0.1, 0.15) is 36.0 Å². The first kappa shape index (κ1) is 59.9. The molecule has 0 bridgehead atoms. The Balaban J connectivity index is 1.28. The molecule has 0 unspecified atom stereocenters. The average molecular weight is 1080 g/mol. The smallest absolute Gasteiger partial charge is 0.305 e. The van der Waals surface area contributed by atoms with Crippen molar-refractivity contribution in [2.45, 2.75) is 107 Å². The minimum atomic E-state index is -1.78. The second kappa shape index (κ2) is 29.4. The Morgan fingerprint density at radius 2 is 0.974 bits per heavy atom. The van der Waals surface area contributed by atoms with Gasteiger partial charge in [-0.05, 0) is 53.3 Å². The van der Waals surface area contributed by atoms with Crippen LogP contribution in [0.5, 0.6) is 5.75 Å². The molecule has 23 nitrogen and oxygen atoms in total. The number of carboxylic acid groups (broad SMARTS) is 2. The molecule has 0 saturated carbocycles. The summed E-state index contributed by atoms with van der Waals surface area (Å²) in [5, 5.41) is 46.8. The zero-order chi connectivity index (χ0) is 56.9. The number of fused-ring (bicyclic) bond motifs is 1. The van der Waals surface area contributed by atoms with Crippen molar-refractivity contribution in [3.05, 3.63) is 138 Å². The van der Waals surface area contributed by atoms with Crippen LogP contribution >= 0.6 is 0 Å². The van der Waals surface area contributed by atoms with Crippen LogP contribution in [0.15, 0.2) is 115 Å². The van der Waals surface area contributed by atoms with E-state index in [0.717, 1.165) is 16.5 Å². The van der Waals surface area contributed by atoms with Gasteiger partial charge in [0, 0.05) is 43.4 Å². The molecule has 78 heavy (non-hydrogen) atoms. The van der Waals surface area contributed by atoms with Gasteiger partial charge >= 0.3 is 11.9 Å². The monoisotopic (exact) mass is 1070 g/mol. The third kappa shape index (κ3) is 18.7. The first-order valence-electron chi connectivity index (χ1n) is 25.2. The molecule has 5 rings (SSSR count). The number of phenols is 1. The molecule has 1 aromatic heterocycles. The Morgan fingerprint density at radius 3 is 1.55 bits per heavy atom. The number of benzene rings is 4. The topological polar surface area (TPSA) is 373 Å². The van der Waals surface area contributed by atoms with Crippen LogP contribution < -0.4 is 48.7 Å². The van der Waals surface area contributed by atoms with E-state index in [0.29, 0.717) is 29.5 Å². The lowest BCUT2D eigenvalue weighted by Gasteiger charge is -2.25. The van der Waals surface area contributed by atoms with E-state index in [2.05, 4.69) is 37.2 Å². The maximum Gasteiger partial charge on any atom is 0.305 e. The van der Waals surface area contributed by atoms with E-state index < -0.39 is 121 Å². The summed E-state index contributed by atoms with van der Waals surface area (Å²) in [5.74, 6) is -10.5. The molecule has 0 aliphatic carbocycles. The predicted octanol–water partition coefficient (Wildman–Crippen LogP) is 0.132. The van der Waals surface area contributed by atoms with Crippen molar-refractivity contribution >= 4 is 70.1 Å². The first-order chi connectivity index (χ1) is 37.2. The zero-order valence-corrected chi connectivity index (χ0v) is 43.1. The maximum absolute atomic E-state index is 14.0. The van der Waals surface area contributed by atoms with Crippen LogP contribution in [-0.4, -0.2) is 128 Å². The fourth-order valence-electron chi connectivity index (χ4n) is 8.39. The molecule has 23 heteroatoms. The van der Waals surface area contributed by atoms with Crippen molar-refractivity contribution in [3.63, 3.8) is 0 Å². The second-order valence-electron chi connectivity index (χ2n) is 18.7. The highest BCUT2D eigenvalue weighted by atomic mass is 16.4. The first-order valence-corrected chi connectivity index (χ1v) is 25.2. The predicted molar refractivity (Wildman–Crippen MR) is 285 cm³/mol. The Labute approximate surface area is 449 Å². The van der Waals surface area contributed by atoms with Crippen LogP contribution in [0.3, 0.4) is 0 Å². The third-order valence-corrected chi connectivity index (χ3v) is 12.5. The maximum atomic E-state index is 14.0. The summed E-state index contributed by atoms with van der Waals surface area (Å²) < 4.78 is 1.90. The van der Waals surface area contributed by atoms with Crippen LogP contribution in [-0.2, 0) is 80.7 Å². The van der Waals surface area contributed by atoms with E-state index in [4.69, 9.17) is 11.5 Å². The molecule has 0 saturated heterocycles. The van der Waals surface area contributed by atoms with Crippen LogP contribution in [0.4, 0.5) is 0 Å². The number of imide groups is 1. The largest absolute Gasteiger partial charge is 0.508 e. The highest BCUT2D eigenvalue weighted by Crippen LogP contribution is 2.22. The number of aromatic hydroxyl groups is 1. The number of unbranched alkanes of at least 4 members (excludes halogenated alkanes) is 1. The van der Waals surface area contributed by atoms with Gasteiger partial charge in [0.2, 0.25) is 47.3 Å². The highest BCUT2D eigenvalue weighted by Gasteiger charge is 2.34. The Bertz CT molecular complexity index is 2920. The van der Waals surface area contributed by atoms with Crippen molar-refractivity contribution in [2.75, 3.05) is 6.54 Å². The summed E-state index contributed by atoms with van der Waals surface area (Å²) >= 11 is 0. The standard InChI is InChI=1S/C55H66N10O13/c1-3-4-18-40(59-49(72)38(56)27-35-31-65(2)45-19-12-11-17-37(35)45)52(75)63-44(29-48(70)71)54(77)62-43(25-33-15-9-6-10-16-33)55(78)64-46(67)30-58-51(74)41(24-32-13-7-5-8-14-32)61-53(76)42(26-34-20-22-36(66)23-21-34)60-50(73)39(57)28-47(68)69/h5-17,19-23,31,38-44,66H,3-4,18,24-30,56-57H2,1-2H3,(H,58,74)(H,59,72)(H,60,73)(H,61,76)(H,62,77)(H,63,75)(H,68,69)(H,70,71)(H,64,67,78)/t38-,39-,40-,41+,42-,43-,44-/m0/s1. The molecule has 0 aliphatic rings. The van der Waals surface area contributed by atoms with E-state index in [1.807, 2.05) is 49.0 Å². The second-order valence-corrected chi connectivity index (χ2v) is 18.7. The Morgan fingerprint density at radius 1 is 0.513 bits per heavy atom. The SMILES string of the molecule is CCCC[C@H](NC(=O)[C@@H](N)Cc1cn(C)c2ccccc12)C(=O)N[C@@H](CC(=O)O)C(=O)N[C@@H](Cc1ccccc1)C(=O)NC(=O)CNC(=O)[C@@H](Cc1ccccc1)NC(=O)[C@H](Cc1ccc(O)cc1)NC(=O)[C@@H](N)CC(=O)O. The zero-order valence-electron chi connectivity index (χ0n) is 43.1. The van der Waals surface area contributed by atoms with Crippen molar-refractivity contribution in [3.8, 4) is 5.75 Å². The normalized spacial score (nSPS) is 13.7. The van der Waals surface area contributed by atoms with Crippen molar-refractivity contribution in [1.82, 2.24) is 41.8 Å². The van der Waals surface area contributed by atoms with Gasteiger partial charge in [-0.2, -0.15) is 0 Å². The van der Waals surface area contributed by atoms with Crippen molar-refractivity contribution < 1.29 is 63.3 Å². The van der Waals surface area contributed by atoms with Gasteiger partial charge in [-0.15, -0.1) is 0 Å². The molecule has 414 valence electrons. The number of para-hydroxylation sites is 1. The summed E-state index contributed by atoms with van der Waals surface area (Å²) in [6, 6.07) is 19.9. The Kier molecular flexibility index (Phi) is 22.6. The van der Waals surface area contributed by atoms with E-state index in [1.165, 1.54) is 24.3 Å².